The van der Waals surface area contributed by atoms with Crippen molar-refractivity contribution < 1.29 is 4.92 Å². The van der Waals surface area contributed by atoms with Crippen LogP contribution in [0.15, 0.2) is 16.7 Å². The van der Waals surface area contributed by atoms with Crippen LogP contribution in [0.2, 0.25) is 0 Å². The van der Waals surface area contributed by atoms with Gasteiger partial charge in [-0.1, -0.05) is 0 Å². The van der Waals surface area contributed by atoms with E-state index in [1.165, 1.54) is 12.3 Å². The van der Waals surface area contributed by atoms with E-state index in [-0.39, 0.29) is 5.69 Å². The van der Waals surface area contributed by atoms with Gasteiger partial charge in [0.05, 0.1) is 9.40 Å². The SMILES string of the molecule is CNC1CCCN(c2ncc([N+](=O)[O-])cc2Br)C1. The van der Waals surface area contributed by atoms with Gasteiger partial charge in [-0.15, -0.1) is 0 Å². The third-order valence-corrected chi connectivity index (χ3v) is 3.73. The van der Waals surface area contributed by atoms with Gasteiger partial charge in [-0.3, -0.25) is 10.1 Å². The van der Waals surface area contributed by atoms with Crippen LogP contribution in [0.25, 0.3) is 0 Å². The molecule has 18 heavy (non-hydrogen) atoms. The third kappa shape index (κ3) is 2.78. The van der Waals surface area contributed by atoms with E-state index in [0.717, 1.165) is 31.7 Å². The van der Waals surface area contributed by atoms with Crippen LogP contribution in [-0.4, -0.2) is 36.1 Å². The quantitative estimate of drug-likeness (QED) is 0.682. The number of pyridine rings is 1. The molecule has 1 aliphatic heterocycles. The lowest BCUT2D eigenvalue weighted by atomic mass is 10.1. The Bertz CT molecular complexity index is 455. The molecule has 2 heterocycles. The van der Waals surface area contributed by atoms with Crippen LogP contribution in [-0.2, 0) is 0 Å². The molecule has 0 spiro atoms. The fourth-order valence-electron chi connectivity index (χ4n) is 2.16. The lowest BCUT2D eigenvalue weighted by Gasteiger charge is -2.33. The summed E-state index contributed by atoms with van der Waals surface area (Å²) in [5, 5.41) is 13.9. The van der Waals surface area contributed by atoms with Crippen molar-refractivity contribution in [2.75, 3.05) is 25.0 Å². The molecule has 1 saturated heterocycles. The number of rotatable bonds is 3. The number of nitro groups is 1. The summed E-state index contributed by atoms with van der Waals surface area (Å²) in [7, 11) is 1.95. The Morgan fingerprint density at radius 1 is 1.67 bits per heavy atom. The molecular formula is C11H15BrN4O2. The second-order valence-corrected chi connectivity index (χ2v) is 5.18. The van der Waals surface area contributed by atoms with E-state index in [4.69, 9.17) is 0 Å². The normalized spacial score (nSPS) is 19.9. The van der Waals surface area contributed by atoms with Crippen molar-refractivity contribution in [3.63, 3.8) is 0 Å². The Labute approximate surface area is 114 Å². The van der Waals surface area contributed by atoms with E-state index in [1.54, 1.807) is 0 Å². The maximum atomic E-state index is 10.7. The van der Waals surface area contributed by atoms with Crippen molar-refractivity contribution in [1.29, 1.82) is 0 Å². The molecule has 0 saturated carbocycles. The number of anilines is 1. The largest absolute Gasteiger partial charge is 0.354 e. The molecular weight excluding hydrogens is 300 g/mol. The van der Waals surface area contributed by atoms with E-state index >= 15 is 0 Å². The fourth-order valence-corrected chi connectivity index (χ4v) is 2.75. The van der Waals surface area contributed by atoms with Crippen molar-refractivity contribution >= 4 is 27.4 Å². The van der Waals surface area contributed by atoms with E-state index < -0.39 is 4.92 Å². The van der Waals surface area contributed by atoms with Gasteiger partial charge in [0, 0.05) is 25.2 Å². The number of piperidine rings is 1. The Hall–Kier alpha value is -1.21. The first-order chi connectivity index (χ1) is 8.61. The molecule has 0 amide bonds. The summed E-state index contributed by atoms with van der Waals surface area (Å²) in [5.74, 6) is 0.778. The molecule has 6 nitrogen and oxygen atoms in total. The number of hydrogen-bond acceptors (Lipinski definition) is 5. The number of nitrogens with one attached hydrogen (secondary N) is 1. The molecule has 0 aromatic carbocycles. The summed E-state index contributed by atoms with van der Waals surface area (Å²) in [6, 6.07) is 1.95. The monoisotopic (exact) mass is 314 g/mol. The maximum absolute atomic E-state index is 10.7. The van der Waals surface area contributed by atoms with Crippen LogP contribution in [0.3, 0.4) is 0 Å². The molecule has 1 atom stereocenters. The highest BCUT2D eigenvalue weighted by molar-refractivity contribution is 9.10. The summed E-state index contributed by atoms with van der Waals surface area (Å²) in [4.78, 5) is 16.6. The van der Waals surface area contributed by atoms with Gasteiger partial charge in [0.1, 0.15) is 12.0 Å². The second kappa shape index (κ2) is 5.62. The predicted molar refractivity (Wildman–Crippen MR) is 72.9 cm³/mol. The summed E-state index contributed by atoms with van der Waals surface area (Å²) in [6.07, 6.45) is 3.55. The molecule has 1 aliphatic rings. The van der Waals surface area contributed by atoms with Gasteiger partial charge in [0.2, 0.25) is 0 Å². The Balaban J connectivity index is 2.20. The zero-order valence-corrected chi connectivity index (χ0v) is 11.7. The zero-order chi connectivity index (χ0) is 13.1. The molecule has 1 aromatic heterocycles. The minimum atomic E-state index is -0.436. The summed E-state index contributed by atoms with van der Waals surface area (Å²) >= 11 is 3.36. The Morgan fingerprint density at radius 2 is 2.44 bits per heavy atom. The molecule has 1 fully saturated rings. The van der Waals surface area contributed by atoms with Crippen LogP contribution >= 0.6 is 15.9 Å². The number of halogens is 1. The first-order valence-electron chi connectivity index (χ1n) is 5.84. The lowest BCUT2D eigenvalue weighted by Crippen LogP contribution is -2.44. The third-order valence-electron chi connectivity index (χ3n) is 3.15. The molecule has 0 radical (unpaired) electrons. The van der Waals surface area contributed by atoms with Crippen LogP contribution in [0.5, 0.6) is 0 Å². The minimum Gasteiger partial charge on any atom is -0.354 e. The van der Waals surface area contributed by atoms with Crippen LogP contribution in [0.1, 0.15) is 12.8 Å². The fraction of sp³-hybridized carbons (Fsp3) is 0.545. The molecule has 1 aromatic rings. The summed E-state index contributed by atoms with van der Waals surface area (Å²) in [6.45, 7) is 1.81. The first-order valence-corrected chi connectivity index (χ1v) is 6.63. The second-order valence-electron chi connectivity index (χ2n) is 4.33. The van der Waals surface area contributed by atoms with Crippen molar-refractivity contribution in [2.45, 2.75) is 18.9 Å². The average molecular weight is 315 g/mol. The standard InChI is InChI=1S/C11H15BrN4O2/c1-13-8-3-2-4-15(7-8)11-10(12)5-9(6-14-11)16(17)18/h5-6,8,13H,2-4,7H2,1H3. The van der Waals surface area contributed by atoms with Gasteiger partial charge in [0.25, 0.3) is 5.69 Å². The van der Waals surface area contributed by atoms with Gasteiger partial charge in [0.15, 0.2) is 0 Å². The van der Waals surface area contributed by atoms with Gasteiger partial charge in [-0.2, -0.15) is 0 Å². The maximum Gasteiger partial charge on any atom is 0.288 e. The highest BCUT2D eigenvalue weighted by atomic mass is 79.9. The van der Waals surface area contributed by atoms with E-state index in [1.807, 2.05) is 7.05 Å². The van der Waals surface area contributed by atoms with Crippen molar-refractivity contribution in [2.24, 2.45) is 0 Å². The van der Waals surface area contributed by atoms with E-state index in [9.17, 15) is 10.1 Å². The number of hydrogen-bond donors (Lipinski definition) is 1. The molecule has 0 aliphatic carbocycles. The van der Waals surface area contributed by atoms with Crippen LogP contribution in [0.4, 0.5) is 11.5 Å². The minimum absolute atomic E-state index is 0.00722. The number of nitrogens with zero attached hydrogens (tertiary/aromatic N) is 3. The molecule has 1 unspecified atom stereocenters. The lowest BCUT2D eigenvalue weighted by molar-refractivity contribution is -0.385. The summed E-state index contributed by atoms with van der Waals surface area (Å²) in [5.41, 5.74) is 0.00722. The highest BCUT2D eigenvalue weighted by Crippen LogP contribution is 2.29. The number of likely N-dealkylation sites (N-methyl/N-ethyl adjacent to an activating group) is 1. The zero-order valence-electron chi connectivity index (χ0n) is 10.1. The average Bonchev–Trinajstić information content (AvgIpc) is 2.38. The Morgan fingerprint density at radius 3 is 3.06 bits per heavy atom. The van der Waals surface area contributed by atoms with Crippen LogP contribution < -0.4 is 10.2 Å². The molecule has 1 N–H and O–H groups in total. The Kier molecular flexibility index (Phi) is 4.13. The van der Waals surface area contributed by atoms with Crippen molar-refractivity contribution in [3.8, 4) is 0 Å². The first kappa shape index (κ1) is 13.2. The summed E-state index contributed by atoms with van der Waals surface area (Å²) < 4.78 is 0.674. The predicted octanol–water partition coefficient (Wildman–Crippen LogP) is 1.94. The molecule has 2 rings (SSSR count). The van der Waals surface area contributed by atoms with Crippen molar-refractivity contribution in [1.82, 2.24) is 10.3 Å². The molecule has 7 heteroatoms. The number of aromatic nitrogens is 1. The molecule has 98 valence electrons. The van der Waals surface area contributed by atoms with Gasteiger partial charge in [-0.25, -0.2) is 4.98 Å². The topological polar surface area (TPSA) is 71.3 Å². The van der Waals surface area contributed by atoms with Crippen LogP contribution in [0, 0.1) is 10.1 Å². The smallest absolute Gasteiger partial charge is 0.288 e. The van der Waals surface area contributed by atoms with E-state index in [2.05, 4.69) is 31.1 Å². The van der Waals surface area contributed by atoms with Crippen molar-refractivity contribution in [3.05, 3.63) is 26.9 Å². The highest BCUT2D eigenvalue weighted by Gasteiger charge is 2.22. The van der Waals surface area contributed by atoms with E-state index in [0.29, 0.717) is 10.5 Å². The van der Waals surface area contributed by atoms with Gasteiger partial charge in [-0.05, 0) is 35.8 Å². The van der Waals surface area contributed by atoms with Gasteiger partial charge >= 0.3 is 0 Å². The molecule has 0 bridgehead atoms. The van der Waals surface area contributed by atoms with Gasteiger partial charge < -0.3 is 10.2 Å².